The van der Waals surface area contributed by atoms with Crippen molar-refractivity contribution >= 4 is 15.9 Å². The van der Waals surface area contributed by atoms with Gasteiger partial charge < -0.3 is 10.1 Å². The van der Waals surface area contributed by atoms with E-state index in [0.717, 1.165) is 19.1 Å². The topological polar surface area (TPSA) is 75.7 Å². The SMILES string of the molecule is CCCCNC(=O)CCN(CCOC)S(C)(=O)=O. The van der Waals surface area contributed by atoms with E-state index in [1.54, 1.807) is 0 Å². The van der Waals surface area contributed by atoms with Gasteiger partial charge in [0.15, 0.2) is 0 Å². The zero-order chi connectivity index (χ0) is 14.0. The fraction of sp³-hybridized carbons (Fsp3) is 0.909. The maximum absolute atomic E-state index is 11.5. The Balaban J connectivity index is 4.06. The zero-order valence-electron chi connectivity index (χ0n) is 11.4. The third-order valence-electron chi connectivity index (χ3n) is 2.45. The maximum Gasteiger partial charge on any atom is 0.221 e. The van der Waals surface area contributed by atoms with Crippen LogP contribution in [0.15, 0.2) is 0 Å². The summed E-state index contributed by atoms with van der Waals surface area (Å²) in [5.41, 5.74) is 0. The van der Waals surface area contributed by atoms with Crippen LogP contribution in [0.1, 0.15) is 26.2 Å². The molecule has 0 bridgehead atoms. The van der Waals surface area contributed by atoms with E-state index in [9.17, 15) is 13.2 Å². The number of nitrogens with one attached hydrogen (secondary N) is 1. The number of carbonyl (C=O) groups excluding carboxylic acids is 1. The van der Waals surface area contributed by atoms with Crippen molar-refractivity contribution in [2.75, 3.05) is 39.6 Å². The Kier molecular flexibility index (Phi) is 8.95. The fourth-order valence-corrected chi connectivity index (χ4v) is 2.18. The van der Waals surface area contributed by atoms with Crippen molar-refractivity contribution in [3.63, 3.8) is 0 Å². The third kappa shape index (κ3) is 8.43. The molecule has 0 unspecified atom stereocenters. The summed E-state index contributed by atoms with van der Waals surface area (Å²) in [5.74, 6) is -0.116. The van der Waals surface area contributed by atoms with Crippen molar-refractivity contribution in [2.24, 2.45) is 0 Å². The summed E-state index contributed by atoms with van der Waals surface area (Å²) in [6, 6.07) is 0. The number of sulfonamides is 1. The second kappa shape index (κ2) is 9.29. The van der Waals surface area contributed by atoms with Crippen LogP contribution < -0.4 is 5.32 Å². The van der Waals surface area contributed by atoms with Gasteiger partial charge >= 0.3 is 0 Å². The van der Waals surface area contributed by atoms with Crippen LogP contribution in [-0.2, 0) is 19.6 Å². The molecule has 7 heteroatoms. The zero-order valence-corrected chi connectivity index (χ0v) is 12.3. The summed E-state index contributed by atoms with van der Waals surface area (Å²) in [6.07, 6.45) is 3.27. The van der Waals surface area contributed by atoms with Gasteiger partial charge in [-0.2, -0.15) is 4.31 Å². The maximum atomic E-state index is 11.5. The molecule has 0 fully saturated rings. The summed E-state index contributed by atoms with van der Waals surface area (Å²) in [4.78, 5) is 11.5. The minimum atomic E-state index is -3.28. The second-order valence-corrected chi connectivity index (χ2v) is 6.09. The molecule has 0 aliphatic heterocycles. The van der Waals surface area contributed by atoms with Gasteiger partial charge in [0, 0.05) is 33.2 Å². The first-order valence-corrected chi connectivity index (χ1v) is 7.97. The van der Waals surface area contributed by atoms with E-state index in [0.29, 0.717) is 13.2 Å². The highest BCUT2D eigenvalue weighted by Gasteiger charge is 2.17. The summed E-state index contributed by atoms with van der Waals surface area (Å²) in [6.45, 7) is 3.48. The molecule has 0 aromatic carbocycles. The molecule has 1 N–H and O–H groups in total. The number of amides is 1. The Morgan fingerprint density at radius 2 is 2.00 bits per heavy atom. The van der Waals surface area contributed by atoms with E-state index in [1.165, 1.54) is 11.4 Å². The highest BCUT2D eigenvalue weighted by molar-refractivity contribution is 7.88. The van der Waals surface area contributed by atoms with Crippen LogP contribution in [0.2, 0.25) is 0 Å². The Bertz CT molecular complexity index is 330. The first-order valence-electron chi connectivity index (χ1n) is 6.12. The van der Waals surface area contributed by atoms with Gasteiger partial charge in [-0.05, 0) is 6.42 Å². The molecular weight excluding hydrogens is 256 g/mol. The second-order valence-electron chi connectivity index (χ2n) is 4.11. The predicted molar refractivity (Wildman–Crippen MR) is 70.8 cm³/mol. The number of methoxy groups -OCH3 is 1. The van der Waals surface area contributed by atoms with Crippen LogP contribution >= 0.6 is 0 Å². The van der Waals surface area contributed by atoms with Crippen molar-refractivity contribution in [1.82, 2.24) is 9.62 Å². The molecular formula is C11H24N2O4S. The Morgan fingerprint density at radius 3 is 2.50 bits per heavy atom. The van der Waals surface area contributed by atoms with Crippen LogP contribution in [0, 0.1) is 0 Å². The molecule has 0 aromatic heterocycles. The summed E-state index contributed by atoms with van der Waals surface area (Å²) in [5, 5.41) is 2.75. The molecule has 0 saturated heterocycles. The number of nitrogens with zero attached hydrogens (tertiary/aromatic N) is 1. The molecule has 108 valence electrons. The van der Waals surface area contributed by atoms with Gasteiger partial charge in [0.25, 0.3) is 0 Å². The molecule has 18 heavy (non-hydrogen) atoms. The molecule has 0 heterocycles. The van der Waals surface area contributed by atoms with Crippen molar-refractivity contribution in [2.45, 2.75) is 26.2 Å². The molecule has 0 rings (SSSR count). The first-order chi connectivity index (χ1) is 8.41. The average Bonchev–Trinajstić information content (AvgIpc) is 2.27. The van der Waals surface area contributed by atoms with Crippen molar-refractivity contribution in [3.8, 4) is 0 Å². The molecule has 0 aliphatic rings. The first kappa shape index (κ1) is 17.3. The van der Waals surface area contributed by atoms with Gasteiger partial charge in [-0.1, -0.05) is 13.3 Å². The highest BCUT2D eigenvalue weighted by Crippen LogP contribution is 1.99. The van der Waals surface area contributed by atoms with Crippen LogP contribution in [0.5, 0.6) is 0 Å². The van der Waals surface area contributed by atoms with E-state index in [4.69, 9.17) is 4.74 Å². The van der Waals surface area contributed by atoms with Gasteiger partial charge in [0.05, 0.1) is 12.9 Å². The standard InChI is InChI=1S/C11H24N2O4S/c1-4-5-7-12-11(14)6-8-13(9-10-17-2)18(3,15)16/h4-10H2,1-3H3,(H,12,14). The van der Waals surface area contributed by atoms with Crippen molar-refractivity contribution in [3.05, 3.63) is 0 Å². The molecule has 1 amide bonds. The van der Waals surface area contributed by atoms with Gasteiger partial charge in [0.1, 0.15) is 0 Å². The lowest BCUT2D eigenvalue weighted by molar-refractivity contribution is -0.121. The number of unbranched alkanes of at least 4 members (excludes halogenated alkanes) is 1. The van der Waals surface area contributed by atoms with E-state index >= 15 is 0 Å². The minimum absolute atomic E-state index is 0.116. The smallest absolute Gasteiger partial charge is 0.221 e. The molecule has 0 radical (unpaired) electrons. The van der Waals surface area contributed by atoms with Gasteiger partial charge in [-0.25, -0.2) is 8.42 Å². The Labute approximate surface area is 110 Å². The van der Waals surface area contributed by atoms with Crippen LogP contribution in [0.3, 0.4) is 0 Å². The molecule has 0 aromatic rings. The van der Waals surface area contributed by atoms with E-state index in [-0.39, 0.29) is 25.4 Å². The van der Waals surface area contributed by atoms with Gasteiger partial charge in [0.2, 0.25) is 15.9 Å². The number of hydrogen-bond donors (Lipinski definition) is 1. The molecule has 0 saturated carbocycles. The lowest BCUT2D eigenvalue weighted by Gasteiger charge is -2.19. The van der Waals surface area contributed by atoms with Crippen LogP contribution in [0.25, 0.3) is 0 Å². The predicted octanol–water partition coefficient (Wildman–Crippen LogP) is 0.201. The molecule has 0 atom stereocenters. The highest BCUT2D eigenvalue weighted by atomic mass is 32.2. The van der Waals surface area contributed by atoms with Crippen molar-refractivity contribution < 1.29 is 17.9 Å². The Hall–Kier alpha value is -0.660. The number of ether oxygens (including phenoxy) is 1. The number of rotatable bonds is 10. The van der Waals surface area contributed by atoms with E-state index in [2.05, 4.69) is 5.32 Å². The molecule has 6 nitrogen and oxygen atoms in total. The van der Waals surface area contributed by atoms with Gasteiger partial charge in [-0.3, -0.25) is 4.79 Å². The summed E-state index contributed by atoms with van der Waals surface area (Å²) < 4.78 is 29.0. The lowest BCUT2D eigenvalue weighted by atomic mass is 10.3. The fourth-order valence-electron chi connectivity index (χ4n) is 1.36. The van der Waals surface area contributed by atoms with Crippen LogP contribution in [-0.4, -0.2) is 58.2 Å². The lowest BCUT2D eigenvalue weighted by Crippen LogP contribution is -2.36. The Morgan fingerprint density at radius 1 is 1.33 bits per heavy atom. The molecule has 0 spiro atoms. The van der Waals surface area contributed by atoms with E-state index in [1.807, 2.05) is 6.92 Å². The normalized spacial score (nSPS) is 11.8. The minimum Gasteiger partial charge on any atom is -0.383 e. The largest absolute Gasteiger partial charge is 0.383 e. The summed E-state index contributed by atoms with van der Waals surface area (Å²) in [7, 11) is -1.77. The van der Waals surface area contributed by atoms with Crippen LogP contribution in [0.4, 0.5) is 0 Å². The number of hydrogen-bond acceptors (Lipinski definition) is 4. The number of carbonyl (C=O) groups is 1. The quantitative estimate of drug-likeness (QED) is 0.580. The third-order valence-corrected chi connectivity index (χ3v) is 3.76. The summed E-state index contributed by atoms with van der Waals surface area (Å²) >= 11 is 0. The molecule has 0 aliphatic carbocycles. The van der Waals surface area contributed by atoms with Crippen molar-refractivity contribution in [1.29, 1.82) is 0 Å². The van der Waals surface area contributed by atoms with Gasteiger partial charge in [-0.15, -0.1) is 0 Å². The average molecular weight is 280 g/mol. The van der Waals surface area contributed by atoms with E-state index < -0.39 is 10.0 Å². The monoisotopic (exact) mass is 280 g/mol.